The lowest BCUT2D eigenvalue weighted by molar-refractivity contribution is 0.0780. The molecule has 0 saturated carbocycles. The molecule has 26 heavy (non-hydrogen) atoms. The van der Waals surface area contributed by atoms with Gasteiger partial charge in [0, 0.05) is 31.4 Å². The second-order valence-electron chi connectivity index (χ2n) is 6.01. The van der Waals surface area contributed by atoms with E-state index in [2.05, 4.69) is 5.10 Å². The van der Waals surface area contributed by atoms with E-state index in [1.54, 1.807) is 31.2 Å². The van der Waals surface area contributed by atoms with Gasteiger partial charge in [0.05, 0.1) is 32.6 Å². The average molecular weight is 361 g/mol. The molecule has 2 aromatic rings. The summed E-state index contributed by atoms with van der Waals surface area (Å²) >= 11 is 0. The van der Waals surface area contributed by atoms with Gasteiger partial charge in [0.1, 0.15) is 0 Å². The minimum Gasteiger partial charge on any atom is -0.493 e. The molecule has 0 N–H and O–H groups in total. The van der Waals surface area contributed by atoms with Crippen molar-refractivity contribution in [2.45, 2.75) is 33.9 Å². The van der Waals surface area contributed by atoms with Crippen molar-refractivity contribution in [2.75, 3.05) is 28.4 Å². The van der Waals surface area contributed by atoms with E-state index in [1.807, 2.05) is 25.5 Å². The highest BCUT2D eigenvalue weighted by molar-refractivity contribution is 5.98. The highest BCUT2D eigenvalue weighted by Gasteiger charge is 2.24. The van der Waals surface area contributed by atoms with E-state index in [-0.39, 0.29) is 5.91 Å². The Morgan fingerprint density at radius 1 is 1.12 bits per heavy atom. The van der Waals surface area contributed by atoms with E-state index >= 15 is 0 Å². The minimum atomic E-state index is -0.161. The molecule has 0 aliphatic carbocycles. The summed E-state index contributed by atoms with van der Waals surface area (Å²) in [5, 5.41) is 4.52. The monoisotopic (exact) mass is 361 g/mol. The average Bonchev–Trinajstić information content (AvgIpc) is 2.93. The quantitative estimate of drug-likeness (QED) is 0.759. The molecule has 2 rings (SSSR count). The zero-order valence-electron chi connectivity index (χ0n) is 16.5. The van der Waals surface area contributed by atoms with Crippen molar-refractivity contribution in [2.24, 2.45) is 0 Å². The van der Waals surface area contributed by atoms with Gasteiger partial charge in [-0.25, -0.2) is 0 Å². The summed E-state index contributed by atoms with van der Waals surface area (Å²) in [6.07, 6.45) is 0. The largest absolute Gasteiger partial charge is 0.493 e. The highest BCUT2D eigenvalue weighted by Crippen LogP contribution is 2.40. The molecule has 0 saturated heterocycles. The normalized spacial score (nSPS) is 10.6. The number of amides is 1. The third kappa shape index (κ3) is 3.47. The van der Waals surface area contributed by atoms with Gasteiger partial charge in [0.2, 0.25) is 5.75 Å². The molecule has 0 radical (unpaired) electrons. The van der Waals surface area contributed by atoms with Crippen molar-refractivity contribution in [3.8, 4) is 17.2 Å². The summed E-state index contributed by atoms with van der Waals surface area (Å²) in [4.78, 5) is 14.7. The first-order valence-corrected chi connectivity index (χ1v) is 8.46. The van der Waals surface area contributed by atoms with Crippen LogP contribution in [0.1, 0.15) is 34.2 Å². The maximum atomic E-state index is 13.0. The Morgan fingerprint density at radius 3 is 2.27 bits per heavy atom. The Bertz CT molecular complexity index is 799. The molecular formula is C19H27N3O4. The third-order valence-corrected chi connectivity index (χ3v) is 4.51. The van der Waals surface area contributed by atoms with Crippen molar-refractivity contribution in [1.82, 2.24) is 14.7 Å². The Labute approximate surface area is 154 Å². The van der Waals surface area contributed by atoms with Crippen LogP contribution < -0.4 is 14.2 Å². The molecular weight excluding hydrogens is 334 g/mol. The van der Waals surface area contributed by atoms with E-state index in [4.69, 9.17) is 14.2 Å². The number of ether oxygens (including phenoxy) is 3. The topological polar surface area (TPSA) is 65.8 Å². The fourth-order valence-electron chi connectivity index (χ4n) is 3.06. The summed E-state index contributed by atoms with van der Waals surface area (Å²) < 4.78 is 18.0. The van der Waals surface area contributed by atoms with Crippen molar-refractivity contribution < 1.29 is 19.0 Å². The van der Waals surface area contributed by atoms with Crippen LogP contribution in [0.3, 0.4) is 0 Å². The zero-order chi connectivity index (χ0) is 19.4. The molecule has 0 atom stereocenters. The van der Waals surface area contributed by atoms with E-state index in [9.17, 15) is 4.79 Å². The molecule has 0 aliphatic rings. The molecule has 1 amide bonds. The van der Waals surface area contributed by atoms with Crippen LogP contribution in [0.4, 0.5) is 0 Å². The van der Waals surface area contributed by atoms with Crippen LogP contribution in [0.2, 0.25) is 0 Å². The number of carbonyl (C=O) groups excluding carboxylic acids is 1. The van der Waals surface area contributed by atoms with Crippen LogP contribution >= 0.6 is 0 Å². The number of carbonyl (C=O) groups is 1. The van der Waals surface area contributed by atoms with E-state index in [0.29, 0.717) is 29.4 Å². The molecule has 1 aromatic heterocycles. The van der Waals surface area contributed by atoms with Gasteiger partial charge in [-0.05, 0) is 32.9 Å². The number of aryl methyl sites for hydroxylation is 2. The second kappa shape index (κ2) is 8.12. The van der Waals surface area contributed by atoms with E-state index in [0.717, 1.165) is 23.5 Å². The summed E-state index contributed by atoms with van der Waals surface area (Å²) in [6.45, 7) is 7.30. The van der Waals surface area contributed by atoms with Gasteiger partial charge < -0.3 is 19.1 Å². The second-order valence-corrected chi connectivity index (χ2v) is 6.01. The SMILES string of the molecule is CCn1nc(C)c(CN(C)C(=O)c2ccc(OC)c(OC)c2OC)c1C. The van der Waals surface area contributed by atoms with Crippen molar-refractivity contribution in [1.29, 1.82) is 0 Å². The van der Waals surface area contributed by atoms with Gasteiger partial charge in [-0.15, -0.1) is 0 Å². The van der Waals surface area contributed by atoms with E-state index in [1.165, 1.54) is 14.2 Å². The number of rotatable bonds is 7. The highest BCUT2D eigenvalue weighted by atomic mass is 16.5. The molecule has 0 aliphatic heterocycles. The maximum Gasteiger partial charge on any atom is 0.257 e. The van der Waals surface area contributed by atoms with E-state index < -0.39 is 0 Å². The molecule has 7 nitrogen and oxygen atoms in total. The predicted octanol–water partition coefficient (Wildman–Crippen LogP) is 2.82. The molecule has 1 aromatic carbocycles. The first-order chi connectivity index (χ1) is 12.4. The summed E-state index contributed by atoms with van der Waals surface area (Å²) in [6, 6.07) is 3.39. The maximum absolute atomic E-state index is 13.0. The smallest absolute Gasteiger partial charge is 0.257 e. The molecule has 0 fully saturated rings. The third-order valence-electron chi connectivity index (χ3n) is 4.51. The first-order valence-electron chi connectivity index (χ1n) is 8.46. The Hall–Kier alpha value is -2.70. The lowest BCUT2D eigenvalue weighted by Gasteiger charge is -2.21. The van der Waals surface area contributed by atoms with Gasteiger partial charge in [-0.1, -0.05) is 0 Å². The zero-order valence-corrected chi connectivity index (χ0v) is 16.5. The predicted molar refractivity (Wildman–Crippen MR) is 99.3 cm³/mol. The van der Waals surface area contributed by atoms with Crippen LogP contribution in [0.15, 0.2) is 12.1 Å². The number of hydrogen-bond donors (Lipinski definition) is 0. The number of benzene rings is 1. The van der Waals surface area contributed by atoms with Crippen LogP contribution in [0.25, 0.3) is 0 Å². The lowest BCUT2D eigenvalue weighted by atomic mass is 10.1. The standard InChI is InChI=1S/C19H27N3O4/c1-8-22-13(3)15(12(2)20-22)11-21(4)19(23)14-9-10-16(24-5)18(26-7)17(14)25-6/h9-10H,8,11H2,1-7H3. The van der Waals surface area contributed by atoms with Gasteiger partial charge >= 0.3 is 0 Å². The Balaban J connectivity index is 2.36. The lowest BCUT2D eigenvalue weighted by Crippen LogP contribution is -2.27. The molecule has 0 bridgehead atoms. The van der Waals surface area contributed by atoms with Gasteiger partial charge in [0.25, 0.3) is 5.91 Å². The molecule has 0 spiro atoms. The summed E-state index contributed by atoms with van der Waals surface area (Å²) in [5.41, 5.74) is 3.49. The fraction of sp³-hybridized carbons (Fsp3) is 0.474. The molecule has 0 unspecified atom stereocenters. The van der Waals surface area contributed by atoms with Crippen molar-refractivity contribution in [3.63, 3.8) is 0 Å². The fourth-order valence-corrected chi connectivity index (χ4v) is 3.06. The number of methoxy groups -OCH3 is 3. The van der Waals surface area contributed by atoms with Gasteiger partial charge in [-0.3, -0.25) is 9.48 Å². The van der Waals surface area contributed by atoms with Gasteiger partial charge in [0.15, 0.2) is 11.5 Å². The minimum absolute atomic E-state index is 0.161. The van der Waals surface area contributed by atoms with Crippen LogP contribution in [0, 0.1) is 13.8 Å². The molecule has 142 valence electrons. The number of hydrogen-bond acceptors (Lipinski definition) is 5. The number of nitrogens with zero attached hydrogens (tertiary/aromatic N) is 3. The van der Waals surface area contributed by atoms with Crippen molar-refractivity contribution in [3.05, 3.63) is 34.6 Å². The van der Waals surface area contributed by atoms with Crippen LogP contribution in [-0.2, 0) is 13.1 Å². The summed E-state index contributed by atoms with van der Waals surface area (Å²) in [7, 11) is 6.33. The van der Waals surface area contributed by atoms with Gasteiger partial charge in [-0.2, -0.15) is 5.10 Å². The molecule has 1 heterocycles. The Kier molecular flexibility index (Phi) is 6.13. The van der Waals surface area contributed by atoms with Crippen molar-refractivity contribution >= 4 is 5.91 Å². The first kappa shape index (κ1) is 19.6. The molecule has 7 heteroatoms. The summed E-state index contributed by atoms with van der Waals surface area (Å²) in [5.74, 6) is 1.12. The van der Waals surface area contributed by atoms with Crippen LogP contribution in [0.5, 0.6) is 17.2 Å². The van der Waals surface area contributed by atoms with Crippen LogP contribution in [-0.4, -0.2) is 49.0 Å². The Morgan fingerprint density at radius 2 is 1.77 bits per heavy atom. The number of aromatic nitrogens is 2.